The molecule has 0 aliphatic heterocycles. The number of pyridine rings is 1. The summed E-state index contributed by atoms with van der Waals surface area (Å²) in [5.41, 5.74) is 3.70. The lowest BCUT2D eigenvalue weighted by atomic mass is 10.1. The fourth-order valence-corrected chi connectivity index (χ4v) is 3.55. The van der Waals surface area contributed by atoms with Crippen LogP contribution in [0.1, 0.15) is 5.56 Å². The Morgan fingerprint density at radius 1 is 1.00 bits per heavy atom. The summed E-state index contributed by atoms with van der Waals surface area (Å²) in [4.78, 5) is 14.7. The number of hydrogen-bond donors (Lipinski definition) is 1. The maximum atomic E-state index is 11.1. The van der Waals surface area contributed by atoms with Crippen molar-refractivity contribution < 1.29 is 4.92 Å². The van der Waals surface area contributed by atoms with Gasteiger partial charge in [-0.1, -0.05) is 18.2 Å². The first-order chi connectivity index (χ1) is 16.6. The molecule has 166 valence electrons. The average molecular weight is 469 g/mol. The minimum Gasteiger partial charge on any atom is -0.265 e. The Morgan fingerprint density at radius 3 is 2.44 bits per heavy atom. The van der Waals surface area contributed by atoms with E-state index in [0.29, 0.717) is 27.4 Å². The fourth-order valence-electron chi connectivity index (χ4n) is 3.37. The Bertz CT molecular complexity index is 1540. The van der Waals surface area contributed by atoms with Gasteiger partial charge in [0.15, 0.2) is 5.82 Å². The van der Waals surface area contributed by atoms with E-state index in [1.165, 1.54) is 16.8 Å². The van der Waals surface area contributed by atoms with Crippen molar-refractivity contribution in [3.05, 3.63) is 106 Å². The number of para-hydroxylation sites is 1. The number of aromatic nitrogens is 6. The van der Waals surface area contributed by atoms with Crippen LogP contribution in [-0.4, -0.2) is 40.8 Å². The molecular formula is C23H16N8O2S. The molecule has 10 nitrogen and oxygen atoms in total. The number of nitrogens with zero attached hydrogens (tertiary/aromatic N) is 7. The minimum absolute atomic E-state index is 0.00755. The van der Waals surface area contributed by atoms with Crippen molar-refractivity contribution >= 4 is 24.1 Å². The fraction of sp³-hybridized carbons (Fsp3) is 0. The highest BCUT2D eigenvalue weighted by molar-refractivity contribution is 7.71. The molecule has 0 radical (unpaired) electrons. The molecule has 0 atom stereocenters. The molecule has 0 aliphatic rings. The Morgan fingerprint density at radius 2 is 1.74 bits per heavy atom. The van der Waals surface area contributed by atoms with Crippen LogP contribution in [0.2, 0.25) is 0 Å². The van der Waals surface area contributed by atoms with E-state index in [9.17, 15) is 10.1 Å². The molecule has 11 heteroatoms. The largest absolute Gasteiger partial charge is 0.269 e. The number of nitro groups is 1. The second kappa shape index (κ2) is 9.00. The van der Waals surface area contributed by atoms with Gasteiger partial charge in [0.1, 0.15) is 5.69 Å². The van der Waals surface area contributed by atoms with Crippen LogP contribution in [0.4, 0.5) is 5.69 Å². The zero-order chi connectivity index (χ0) is 23.5. The molecule has 0 aliphatic carbocycles. The smallest absolute Gasteiger partial charge is 0.265 e. The van der Waals surface area contributed by atoms with E-state index in [2.05, 4.69) is 20.3 Å². The van der Waals surface area contributed by atoms with Crippen molar-refractivity contribution in [1.29, 1.82) is 0 Å². The predicted octanol–water partition coefficient (Wildman–Crippen LogP) is 4.65. The number of non-ortho nitro benzene ring substituents is 1. The second-order valence-corrected chi connectivity index (χ2v) is 7.55. The molecule has 0 unspecified atom stereocenters. The van der Waals surface area contributed by atoms with Gasteiger partial charge in [-0.2, -0.15) is 20.0 Å². The highest BCUT2D eigenvalue weighted by Crippen LogP contribution is 2.25. The number of rotatable bonds is 6. The van der Waals surface area contributed by atoms with Crippen molar-refractivity contribution in [2.24, 2.45) is 5.10 Å². The monoisotopic (exact) mass is 468 g/mol. The Kier molecular flexibility index (Phi) is 5.58. The summed E-state index contributed by atoms with van der Waals surface area (Å²) >= 11 is 5.37. The third kappa shape index (κ3) is 4.14. The van der Waals surface area contributed by atoms with Crippen LogP contribution >= 0.6 is 12.2 Å². The van der Waals surface area contributed by atoms with E-state index in [0.717, 1.165) is 11.3 Å². The summed E-state index contributed by atoms with van der Waals surface area (Å²) in [6.07, 6.45) is 6.81. The molecular weight excluding hydrogens is 452 g/mol. The maximum absolute atomic E-state index is 11.1. The number of nitro benzene ring substituents is 1. The highest BCUT2D eigenvalue weighted by Gasteiger charge is 2.14. The van der Waals surface area contributed by atoms with Gasteiger partial charge in [0.2, 0.25) is 4.77 Å². The summed E-state index contributed by atoms with van der Waals surface area (Å²) in [7, 11) is 0. The zero-order valence-corrected chi connectivity index (χ0v) is 18.3. The summed E-state index contributed by atoms with van der Waals surface area (Å²) < 4.78 is 3.58. The molecule has 34 heavy (non-hydrogen) atoms. The van der Waals surface area contributed by atoms with Crippen LogP contribution < -0.4 is 0 Å². The van der Waals surface area contributed by atoms with E-state index >= 15 is 0 Å². The summed E-state index contributed by atoms with van der Waals surface area (Å²) in [5, 5.41) is 27.4. The first-order valence-corrected chi connectivity index (χ1v) is 10.5. The van der Waals surface area contributed by atoms with Crippen LogP contribution in [-0.2, 0) is 0 Å². The van der Waals surface area contributed by atoms with Crippen molar-refractivity contribution in [3.8, 4) is 28.3 Å². The number of benzene rings is 2. The van der Waals surface area contributed by atoms with Crippen LogP contribution in [0.15, 0.2) is 90.4 Å². The zero-order valence-electron chi connectivity index (χ0n) is 17.5. The molecule has 1 N–H and O–H groups in total. The van der Waals surface area contributed by atoms with Gasteiger partial charge in [-0.25, -0.2) is 9.78 Å². The average Bonchev–Trinajstić information content (AvgIpc) is 3.47. The minimum atomic E-state index is -0.435. The summed E-state index contributed by atoms with van der Waals surface area (Å²) in [5.74, 6) is 0.538. The maximum Gasteiger partial charge on any atom is 0.269 e. The lowest BCUT2D eigenvalue weighted by Gasteiger charge is -2.01. The molecule has 0 bridgehead atoms. The molecule has 0 fully saturated rings. The highest BCUT2D eigenvalue weighted by atomic mass is 32.1. The Hall–Kier alpha value is -4.77. The molecule has 5 rings (SSSR count). The standard InChI is InChI=1S/C23H16N8O2S/c32-31(33)20-8-6-16(7-9-20)21-18(15-29(28-21)19-4-2-1-3-5-19)14-25-30-22(26-27-23(30)34)17-10-12-24-13-11-17/h1-15H,(H,27,34)/b25-14-. The van der Waals surface area contributed by atoms with E-state index in [1.807, 2.05) is 48.7 Å². The van der Waals surface area contributed by atoms with Gasteiger partial charge >= 0.3 is 0 Å². The van der Waals surface area contributed by atoms with Gasteiger partial charge in [-0.3, -0.25) is 15.1 Å². The van der Waals surface area contributed by atoms with Gasteiger partial charge in [0.25, 0.3) is 5.69 Å². The molecule has 3 aromatic heterocycles. The Balaban J connectivity index is 1.59. The third-order valence-electron chi connectivity index (χ3n) is 5.02. The lowest BCUT2D eigenvalue weighted by Crippen LogP contribution is -1.95. The van der Waals surface area contributed by atoms with Crippen LogP contribution in [0.25, 0.3) is 28.3 Å². The van der Waals surface area contributed by atoms with Crippen LogP contribution in [0.3, 0.4) is 0 Å². The SMILES string of the molecule is O=[N+]([O-])c1ccc(-c2nn(-c3ccccc3)cc2/C=N\n2c(-c3ccncc3)n[nH]c2=S)cc1. The molecule has 0 amide bonds. The number of H-pyrrole nitrogens is 1. The van der Waals surface area contributed by atoms with Crippen LogP contribution in [0, 0.1) is 14.9 Å². The van der Waals surface area contributed by atoms with Crippen molar-refractivity contribution in [3.63, 3.8) is 0 Å². The quantitative estimate of drug-likeness (QED) is 0.168. The topological polar surface area (TPSA) is 120 Å². The van der Waals surface area contributed by atoms with E-state index < -0.39 is 4.92 Å². The van der Waals surface area contributed by atoms with Gasteiger partial charge in [-0.05, 0) is 48.6 Å². The van der Waals surface area contributed by atoms with E-state index in [1.54, 1.807) is 35.4 Å². The molecule has 5 aromatic rings. The summed E-state index contributed by atoms with van der Waals surface area (Å²) in [6, 6.07) is 19.5. The normalized spacial score (nSPS) is 11.2. The Labute approximate surface area is 198 Å². The first kappa shape index (κ1) is 21.1. The van der Waals surface area contributed by atoms with E-state index in [4.69, 9.17) is 17.3 Å². The molecule has 0 saturated carbocycles. The van der Waals surface area contributed by atoms with Gasteiger partial charge in [0.05, 0.1) is 16.8 Å². The molecule has 0 saturated heterocycles. The second-order valence-electron chi connectivity index (χ2n) is 7.16. The number of aromatic amines is 1. The third-order valence-corrected chi connectivity index (χ3v) is 5.28. The number of nitrogens with one attached hydrogen (secondary N) is 1. The van der Waals surface area contributed by atoms with Gasteiger partial charge < -0.3 is 0 Å². The lowest BCUT2D eigenvalue weighted by molar-refractivity contribution is -0.384. The summed E-state index contributed by atoms with van der Waals surface area (Å²) in [6.45, 7) is 0. The molecule has 2 aromatic carbocycles. The van der Waals surface area contributed by atoms with Gasteiger partial charge in [-0.15, -0.1) is 0 Å². The van der Waals surface area contributed by atoms with Crippen molar-refractivity contribution in [2.75, 3.05) is 0 Å². The first-order valence-electron chi connectivity index (χ1n) is 10.1. The molecule has 0 spiro atoms. The predicted molar refractivity (Wildman–Crippen MR) is 129 cm³/mol. The van der Waals surface area contributed by atoms with E-state index in [-0.39, 0.29) is 5.69 Å². The van der Waals surface area contributed by atoms with Gasteiger partial charge in [0, 0.05) is 47.4 Å². The van der Waals surface area contributed by atoms with Crippen molar-refractivity contribution in [2.45, 2.75) is 0 Å². The van der Waals surface area contributed by atoms with Crippen LogP contribution in [0.5, 0.6) is 0 Å². The number of hydrogen-bond acceptors (Lipinski definition) is 7. The molecule has 3 heterocycles. The van der Waals surface area contributed by atoms with Crippen molar-refractivity contribution in [1.82, 2.24) is 29.6 Å².